The van der Waals surface area contributed by atoms with E-state index in [0.717, 1.165) is 23.5 Å². The highest BCUT2D eigenvalue weighted by Crippen LogP contribution is 2.26. The maximum absolute atomic E-state index is 5.02. The van der Waals surface area contributed by atoms with Gasteiger partial charge in [-0.15, -0.1) is 11.3 Å². The van der Waals surface area contributed by atoms with E-state index in [9.17, 15) is 0 Å². The highest BCUT2D eigenvalue weighted by molar-refractivity contribution is 7.07. The predicted octanol–water partition coefficient (Wildman–Crippen LogP) is 5.94. The van der Waals surface area contributed by atoms with Gasteiger partial charge in [-0.25, -0.2) is 4.99 Å². The second-order valence-corrected chi connectivity index (χ2v) is 8.08. The number of H-pyrrole nitrogens is 1. The molecule has 3 nitrogen and oxygen atoms in total. The molecule has 0 spiro atoms. The zero-order valence-corrected chi connectivity index (χ0v) is 16.9. The average molecular weight is 376 g/mol. The third-order valence-corrected chi connectivity index (χ3v) is 6.03. The lowest BCUT2D eigenvalue weighted by atomic mass is 10.0. The molecule has 138 valence electrons. The van der Waals surface area contributed by atoms with Crippen molar-refractivity contribution < 1.29 is 0 Å². The Balaban J connectivity index is 1.67. The molecule has 2 aromatic carbocycles. The second kappa shape index (κ2) is 7.57. The van der Waals surface area contributed by atoms with Crippen LogP contribution in [0.5, 0.6) is 0 Å². The fraction of sp³-hybridized carbons (Fsp3) is 0.261. The summed E-state index contributed by atoms with van der Waals surface area (Å²) in [6.45, 7) is 7.54. The number of rotatable bonds is 5. The van der Waals surface area contributed by atoms with Crippen molar-refractivity contribution in [3.63, 3.8) is 0 Å². The summed E-state index contributed by atoms with van der Waals surface area (Å²) in [5, 5.41) is 3.51. The predicted molar refractivity (Wildman–Crippen MR) is 115 cm³/mol. The highest BCUT2D eigenvalue weighted by atomic mass is 32.1. The van der Waals surface area contributed by atoms with Gasteiger partial charge in [0.05, 0.1) is 5.69 Å². The standard InChI is InChI=1S/C23H25N3S/c1-16(2)19-8-4-7-11-22(19)25-23-26(17(3)15-27-23)13-12-18-14-24-21-10-6-5-9-20(18)21/h4-11,14-16,24H,12-13H2,1-3H3. The number of benzene rings is 2. The number of nitrogens with zero attached hydrogens (tertiary/aromatic N) is 2. The van der Waals surface area contributed by atoms with Gasteiger partial charge in [-0.2, -0.15) is 0 Å². The normalized spacial score (nSPS) is 12.4. The summed E-state index contributed by atoms with van der Waals surface area (Å²) in [7, 11) is 0. The van der Waals surface area contributed by atoms with Gasteiger partial charge in [0.2, 0.25) is 0 Å². The molecule has 0 aliphatic rings. The molecule has 0 radical (unpaired) electrons. The van der Waals surface area contributed by atoms with Crippen LogP contribution in [0.2, 0.25) is 0 Å². The molecule has 2 heterocycles. The van der Waals surface area contributed by atoms with Crippen LogP contribution in [0.15, 0.2) is 65.1 Å². The average Bonchev–Trinajstić information content (AvgIpc) is 3.24. The summed E-state index contributed by atoms with van der Waals surface area (Å²) in [6.07, 6.45) is 3.12. The molecule has 0 amide bonds. The van der Waals surface area contributed by atoms with Gasteiger partial charge < -0.3 is 9.55 Å². The first-order valence-corrected chi connectivity index (χ1v) is 10.3. The van der Waals surface area contributed by atoms with E-state index in [1.165, 1.54) is 27.7 Å². The van der Waals surface area contributed by atoms with Gasteiger partial charge >= 0.3 is 0 Å². The van der Waals surface area contributed by atoms with E-state index in [-0.39, 0.29) is 0 Å². The van der Waals surface area contributed by atoms with Crippen LogP contribution in [-0.4, -0.2) is 9.55 Å². The molecule has 27 heavy (non-hydrogen) atoms. The van der Waals surface area contributed by atoms with Crippen molar-refractivity contribution >= 4 is 27.9 Å². The highest BCUT2D eigenvalue weighted by Gasteiger charge is 2.08. The summed E-state index contributed by atoms with van der Waals surface area (Å²) in [4.78, 5) is 9.47. The Morgan fingerprint density at radius 3 is 2.70 bits per heavy atom. The first-order chi connectivity index (χ1) is 13.1. The Morgan fingerprint density at radius 1 is 1.07 bits per heavy atom. The monoisotopic (exact) mass is 375 g/mol. The van der Waals surface area contributed by atoms with Crippen molar-refractivity contribution in [1.29, 1.82) is 0 Å². The number of aromatic nitrogens is 2. The number of hydrogen-bond donors (Lipinski definition) is 1. The van der Waals surface area contributed by atoms with Crippen molar-refractivity contribution in [2.45, 2.75) is 39.7 Å². The van der Waals surface area contributed by atoms with Crippen LogP contribution >= 0.6 is 11.3 Å². The minimum atomic E-state index is 0.464. The molecule has 1 N–H and O–H groups in total. The number of para-hydroxylation sites is 2. The number of thiazole rings is 1. The first-order valence-electron chi connectivity index (χ1n) is 9.47. The fourth-order valence-electron chi connectivity index (χ4n) is 3.53. The Bertz CT molecular complexity index is 1130. The molecule has 0 aliphatic heterocycles. The molecule has 2 aromatic heterocycles. The van der Waals surface area contributed by atoms with Crippen LogP contribution in [0, 0.1) is 6.92 Å². The molecular weight excluding hydrogens is 350 g/mol. The van der Waals surface area contributed by atoms with Crippen LogP contribution < -0.4 is 4.80 Å². The zero-order valence-electron chi connectivity index (χ0n) is 16.1. The third kappa shape index (κ3) is 3.62. The zero-order chi connectivity index (χ0) is 18.8. The molecule has 0 saturated carbocycles. The topological polar surface area (TPSA) is 33.1 Å². The van der Waals surface area contributed by atoms with Crippen molar-refractivity contribution in [1.82, 2.24) is 9.55 Å². The quantitative estimate of drug-likeness (QED) is 0.448. The third-order valence-electron chi connectivity index (χ3n) is 5.05. The van der Waals surface area contributed by atoms with E-state index >= 15 is 0 Å². The summed E-state index contributed by atoms with van der Waals surface area (Å²) in [5.74, 6) is 0.464. The molecule has 4 aromatic rings. The molecule has 0 fully saturated rings. The summed E-state index contributed by atoms with van der Waals surface area (Å²) >= 11 is 1.72. The number of hydrogen-bond acceptors (Lipinski definition) is 2. The van der Waals surface area contributed by atoms with E-state index in [2.05, 4.69) is 90.4 Å². The molecule has 0 aliphatic carbocycles. The van der Waals surface area contributed by atoms with Gasteiger partial charge in [-0.05, 0) is 42.5 Å². The lowest BCUT2D eigenvalue weighted by Crippen LogP contribution is -2.17. The summed E-state index contributed by atoms with van der Waals surface area (Å²) < 4.78 is 2.34. The second-order valence-electron chi connectivity index (χ2n) is 7.25. The molecular formula is C23H25N3S. The lowest BCUT2D eigenvalue weighted by molar-refractivity contribution is 0.660. The van der Waals surface area contributed by atoms with Crippen LogP contribution in [0.4, 0.5) is 5.69 Å². The van der Waals surface area contributed by atoms with Crippen molar-refractivity contribution in [2.75, 3.05) is 0 Å². The van der Waals surface area contributed by atoms with Crippen LogP contribution in [0.25, 0.3) is 10.9 Å². The lowest BCUT2D eigenvalue weighted by Gasteiger charge is -2.09. The van der Waals surface area contributed by atoms with Gasteiger partial charge in [-0.3, -0.25) is 0 Å². The number of aryl methyl sites for hydroxylation is 2. The molecule has 0 bridgehead atoms. The smallest absolute Gasteiger partial charge is 0.190 e. The van der Waals surface area contributed by atoms with E-state index in [1.807, 2.05) is 0 Å². The Morgan fingerprint density at radius 2 is 1.85 bits per heavy atom. The summed E-state index contributed by atoms with van der Waals surface area (Å²) in [6, 6.07) is 17.0. The largest absolute Gasteiger partial charge is 0.361 e. The number of fused-ring (bicyclic) bond motifs is 1. The van der Waals surface area contributed by atoms with Crippen LogP contribution in [0.1, 0.15) is 36.6 Å². The minimum Gasteiger partial charge on any atom is -0.361 e. The summed E-state index contributed by atoms with van der Waals surface area (Å²) in [5.41, 5.74) is 6.20. The van der Waals surface area contributed by atoms with Crippen molar-refractivity contribution in [3.8, 4) is 0 Å². The SMILES string of the molecule is Cc1csc(=Nc2ccccc2C(C)C)n1CCc1c[nH]c2ccccc12. The van der Waals surface area contributed by atoms with Crippen molar-refractivity contribution in [3.05, 3.63) is 81.7 Å². The van der Waals surface area contributed by atoms with E-state index in [1.54, 1.807) is 11.3 Å². The maximum atomic E-state index is 5.02. The van der Waals surface area contributed by atoms with Crippen molar-refractivity contribution in [2.24, 2.45) is 4.99 Å². The Labute approximate surface area is 164 Å². The molecule has 0 atom stereocenters. The van der Waals surface area contributed by atoms with Crippen LogP contribution in [-0.2, 0) is 13.0 Å². The maximum Gasteiger partial charge on any atom is 0.190 e. The van der Waals surface area contributed by atoms with Crippen LogP contribution in [0.3, 0.4) is 0 Å². The number of nitrogens with one attached hydrogen (secondary N) is 1. The van der Waals surface area contributed by atoms with Gasteiger partial charge in [0.25, 0.3) is 0 Å². The Kier molecular flexibility index (Phi) is 4.99. The molecule has 0 saturated heterocycles. The Hall–Kier alpha value is -2.59. The van der Waals surface area contributed by atoms with Gasteiger partial charge in [0.1, 0.15) is 0 Å². The first kappa shape index (κ1) is 17.8. The molecule has 0 unspecified atom stereocenters. The minimum absolute atomic E-state index is 0.464. The fourth-order valence-corrected chi connectivity index (χ4v) is 4.44. The van der Waals surface area contributed by atoms with E-state index < -0.39 is 0 Å². The van der Waals surface area contributed by atoms with E-state index in [0.29, 0.717) is 5.92 Å². The van der Waals surface area contributed by atoms with Gasteiger partial charge in [0, 0.05) is 34.7 Å². The number of aromatic amines is 1. The molecule has 4 rings (SSSR count). The van der Waals surface area contributed by atoms with Gasteiger partial charge in [0.15, 0.2) is 4.80 Å². The van der Waals surface area contributed by atoms with E-state index in [4.69, 9.17) is 4.99 Å². The van der Waals surface area contributed by atoms with Gasteiger partial charge in [-0.1, -0.05) is 50.2 Å². The molecule has 4 heteroatoms.